The van der Waals surface area contributed by atoms with E-state index in [9.17, 15) is 4.79 Å². The summed E-state index contributed by atoms with van der Waals surface area (Å²) in [5, 5.41) is 0.629. The van der Waals surface area contributed by atoms with Gasteiger partial charge in [0.2, 0.25) is 0 Å². The lowest BCUT2D eigenvalue weighted by Gasteiger charge is -2.16. The molecule has 0 unspecified atom stereocenters. The number of hydrogen-bond donors (Lipinski definition) is 0. The molecule has 0 amide bonds. The van der Waals surface area contributed by atoms with E-state index < -0.39 is 0 Å². The minimum absolute atomic E-state index is 0.172. The molecular weight excluding hydrogens is 248 g/mol. The van der Waals surface area contributed by atoms with Gasteiger partial charge >= 0.3 is 5.97 Å². The predicted molar refractivity (Wildman–Crippen MR) is 75.4 cm³/mol. The molecule has 0 spiro atoms. The van der Waals surface area contributed by atoms with Gasteiger partial charge in [0, 0.05) is 11.4 Å². The predicted octanol–water partition coefficient (Wildman–Crippen LogP) is 4.39. The highest BCUT2D eigenvalue weighted by atomic mass is 35.5. The lowest BCUT2D eigenvalue weighted by Crippen LogP contribution is -2.16. The van der Waals surface area contributed by atoms with Crippen LogP contribution in [0.4, 0.5) is 0 Å². The summed E-state index contributed by atoms with van der Waals surface area (Å²) in [6.07, 6.45) is 2.21. The number of rotatable bonds is 4. The van der Waals surface area contributed by atoms with Gasteiger partial charge in [0.05, 0.1) is 5.56 Å². The van der Waals surface area contributed by atoms with Crippen LogP contribution in [0.5, 0.6) is 0 Å². The van der Waals surface area contributed by atoms with Crippen molar-refractivity contribution in [1.29, 1.82) is 0 Å². The van der Waals surface area contributed by atoms with Crippen molar-refractivity contribution in [3.8, 4) is 0 Å². The summed E-state index contributed by atoms with van der Waals surface area (Å²) in [7, 11) is 0. The molecule has 0 bridgehead atoms. The van der Waals surface area contributed by atoms with Crippen molar-refractivity contribution in [2.75, 3.05) is 0 Å². The molecule has 1 aromatic rings. The summed E-state index contributed by atoms with van der Waals surface area (Å²) in [4.78, 5) is 12.1. The fraction of sp³-hybridized carbons (Fsp3) is 0.400. The van der Waals surface area contributed by atoms with Crippen molar-refractivity contribution in [3.05, 3.63) is 46.0 Å². The molecule has 0 aliphatic carbocycles. The molecule has 0 N–H and O–H groups in total. The first-order chi connectivity index (χ1) is 8.38. The minimum Gasteiger partial charge on any atom is -0.459 e. The van der Waals surface area contributed by atoms with Gasteiger partial charge in [0.1, 0.15) is 6.10 Å². The quantitative estimate of drug-likeness (QED) is 0.597. The van der Waals surface area contributed by atoms with Crippen molar-refractivity contribution < 1.29 is 9.53 Å². The first-order valence-electron chi connectivity index (χ1n) is 5.96. The number of carbonyl (C=O) groups excluding carboxylic acids is 1. The summed E-state index contributed by atoms with van der Waals surface area (Å²) in [6, 6.07) is 1.91. The number of benzene rings is 1. The Morgan fingerprint density at radius 2 is 2.06 bits per heavy atom. The van der Waals surface area contributed by atoms with Crippen molar-refractivity contribution in [2.24, 2.45) is 0 Å². The van der Waals surface area contributed by atoms with Crippen LogP contribution in [0.25, 0.3) is 0 Å². The summed E-state index contributed by atoms with van der Waals surface area (Å²) < 4.78 is 5.36. The second-order valence-corrected chi connectivity index (χ2v) is 4.94. The van der Waals surface area contributed by atoms with Crippen LogP contribution in [-0.4, -0.2) is 12.1 Å². The Bertz CT molecular complexity index is 478. The van der Waals surface area contributed by atoms with E-state index in [1.165, 1.54) is 0 Å². The number of halogens is 1. The average Bonchev–Trinajstić information content (AvgIpc) is 2.26. The zero-order valence-electron chi connectivity index (χ0n) is 11.3. The van der Waals surface area contributed by atoms with E-state index >= 15 is 0 Å². The third-order valence-electron chi connectivity index (χ3n) is 2.89. The number of carbonyl (C=O) groups is 1. The number of aryl methyl sites for hydroxylation is 2. The molecule has 0 fully saturated rings. The molecule has 0 heterocycles. The van der Waals surface area contributed by atoms with E-state index in [4.69, 9.17) is 16.3 Å². The maximum Gasteiger partial charge on any atom is 0.338 e. The fourth-order valence-corrected chi connectivity index (χ4v) is 2.15. The molecule has 1 aromatic carbocycles. The first kappa shape index (κ1) is 14.8. The highest BCUT2D eigenvalue weighted by Crippen LogP contribution is 2.27. The Labute approximate surface area is 114 Å². The van der Waals surface area contributed by atoms with E-state index in [0.717, 1.165) is 16.7 Å². The van der Waals surface area contributed by atoms with Crippen LogP contribution in [0.1, 0.15) is 40.4 Å². The van der Waals surface area contributed by atoms with Gasteiger partial charge in [0.25, 0.3) is 0 Å². The van der Waals surface area contributed by atoms with E-state index in [0.29, 0.717) is 17.0 Å². The van der Waals surface area contributed by atoms with Crippen LogP contribution in [0.2, 0.25) is 5.02 Å². The van der Waals surface area contributed by atoms with E-state index in [1.54, 1.807) is 6.08 Å². The van der Waals surface area contributed by atoms with Gasteiger partial charge in [-0.15, -0.1) is 6.58 Å². The van der Waals surface area contributed by atoms with E-state index in [-0.39, 0.29) is 12.1 Å². The topological polar surface area (TPSA) is 26.3 Å². The van der Waals surface area contributed by atoms with Gasteiger partial charge in [0.15, 0.2) is 0 Å². The normalized spacial score (nSPS) is 12.1. The number of hydrogen-bond acceptors (Lipinski definition) is 2. The lowest BCUT2D eigenvalue weighted by molar-refractivity contribution is 0.0346. The molecule has 0 saturated heterocycles. The third kappa shape index (κ3) is 3.14. The van der Waals surface area contributed by atoms with Crippen molar-refractivity contribution >= 4 is 17.6 Å². The van der Waals surface area contributed by atoms with Gasteiger partial charge < -0.3 is 4.74 Å². The van der Waals surface area contributed by atoms with E-state index in [2.05, 4.69) is 6.58 Å². The average molecular weight is 267 g/mol. The Morgan fingerprint density at radius 1 is 1.44 bits per heavy atom. The lowest BCUT2D eigenvalue weighted by atomic mass is 10.00. The fourth-order valence-electron chi connectivity index (χ4n) is 2.00. The summed E-state index contributed by atoms with van der Waals surface area (Å²) >= 11 is 6.17. The Balaban J connectivity index is 3.06. The molecule has 0 saturated carbocycles. The van der Waals surface area contributed by atoms with Crippen LogP contribution in [-0.2, 0) is 4.74 Å². The van der Waals surface area contributed by atoms with Gasteiger partial charge in [-0.25, -0.2) is 4.79 Å². The number of esters is 1. The minimum atomic E-state index is -0.318. The second-order valence-electron chi connectivity index (χ2n) is 4.56. The largest absolute Gasteiger partial charge is 0.459 e. The Hall–Kier alpha value is -1.28. The van der Waals surface area contributed by atoms with Gasteiger partial charge in [-0.2, -0.15) is 0 Å². The molecule has 0 radical (unpaired) electrons. The standard InChI is InChI=1S/C15H19ClO2/c1-6-7-11(4)18-15(17)13-9(2)8-10(3)14(16)12(13)5/h6,8,11H,1,7H2,2-5H3/t11-/m1/s1. The molecule has 18 heavy (non-hydrogen) atoms. The zero-order valence-corrected chi connectivity index (χ0v) is 12.1. The van der Waals surface area contributed by atoms with Gasteiger partial charge in [-0.3, -0.25) is 0 Å². The zero-order chi connectivity index (χ0) is 13.9. The summed E-state index contributed by atoms with van der Waals surface area (Å²) in [6.45, 7) is 11.1. The number of ether oxygens (including phenoxy) is 1. The molecule has 1 atom stereocenters. The summed E-state index contributed by atoms with van der Waals surface area (Å²) in [5.74, 6) is -0.318. The van der Waals surface area contributed by atoms with Crippen LogP contribution in [0, 0.1) is 20.8 Å². The molecule has 0 aliphatic rings. The highest BCUT2D eigenvalue weighted by Gasteiger charge is 2.19. The maximum atomic E-state index is 12.1. The van der Waals surface area contributed by atoms with E-state index in [1.807, 2.05) is 33.8 Å². The van der Waals surface area contributed by atoms with Gasteiger partial charge in [-0.05, 0) is 44.4 Å². The second kappa shape index (κ2) is 6.05. The van der Waals surface area contributed by atoms with Crippen LogP contribution in [0.15, 0.2) is 18.7 Å². The Kier molecular flexibility index (Phi) is 4.97. The molecular formula is C15H19ClO2. The molecule has 98 valence electrons. The molecule has 2 nitrogen and oxygen atoms in total. The van der Waals surface area contributed by atoms with Crippen LogP contribution < -0.4 is 0 Å². The SMILES string of the molecule is C=CC[C@@H](C)OC(=O)c1c(C)cc(C)c(Cl)c1C. The van der Waals surface area contributed by atoms with Gasteiger partial charge in [-0.1, -0.05) is 23.7 Å². The smallest absolute Gasteiger partial charge is 0.338 e. The van der Waals surface area contributed by atoms with Crippen molar-refractivity contribution in [2.45, 2.75) is 40.2 Å². The van der Waals surface area contributed by atoms with Crippen molar-refractivity contribution in [3.63, 3.8) is 0 Å². The molecule has 1 rings (SSSR count). The first-order valence-corrected chi connectivity index (χ1v) is 6.34. The third-order valence-corrected chi connectivity index (χ3v) is 3.47. The van der Waals surface area contributed by atoms with Crippen molar-refractivity contribution in [1.82, 2.24) is 0 Å². The summed E-state index contributed by atoms with van der Waals surface area (Å²) in [5.41, 5.74) is 3.22. The molecule has 3 heteroatoms. The molecule has 0 aliphatic heterocycles. The maximum absolute atomic E-state index is 12.1. The highest BCUT2D eigenvalue weighted by molar-refractivity contribution is 6.32. The Morgan fingerprint density at radius 3 is 2.61 bits per heavy atom. The van der Waals surface area contributed by atoms with Crippen LogP contribution >= 0.6 is 11.6 Å². The van der Waals surface area contributed by atoms with Crippen LogP contribution in [0.3, 0.4) is 0 Å². The molecule has 0 aromatic heterocycles. The monoisotopic (exact) mass is 266 g/mol.